The number of aromatic amines is 1. The Labute approximate surface area is 143 Å². The molecule has 2 aliphatic heterocycles. The number of aryl methyl sites for hydroxylation is 2. The number of unbranched alkanes of at least 4 members (excludes halogenated alkanes) is 3. The Kier molecular flexibility index (Phi) is 4.66. The highest BCUT2D eigenvalue weighted by atomic mass is 35.5. The molecule has 0 radical (unpaired) electrons. The number of aromatic nitrogens is 4. The standard InChI is InChI=1S/C17H19ClN4O2/c1-3-4-5-6-7-22-13-9-11(18)10(2)8-12(13)19-14-15(22)20-17(24)21-16(14)23/h8-9H,3-7H2,1-2H3,(H,21,23,24). The maximum atomic E-state index is 12.1. The predicted octanol–water partition coefficient (Wildman–Crippen LogP) is 3.13. The molecular formula is C17H19ClN4O2. The van der Waals surface area contributed by atoms with Gasteiger partial charge in [0.2, 0.25) is 0 Å². The van der Waals surface area contributed by atoms with Crippen molar-refractivity contribution in [1.29, 1.82) is 0 Å². The molecule has 0 aromatic heterocycles. The van der Waals surface area contributed by atoms with Gasteiger partial charge in [0.05, 0.1) is 11.0 Å². The Morgan fingerprint density at radius 3 is 2.71 bits per heavy atom. The van der Waals surface area contributed by atoms with Gasteiger partial charge in [-0.2, -0.15) is 4.98 Å². The lowest BCUT2D eigenvalue weighted by Crippen LogP contribution is -2.29. The summed E-state index contributed by atoms with van der Waals surface area (Å²) >= 11 is 6.27. The van der Waals surface area contributed by atoms with Crippen LogP contribution in [0.3, 0.4) is 0 Å². The van der Waals surface area contributed by atoms with E-state index in [1.54, 1.807) is 0 Å². The first-order chi connectivity index (χ1) is 11.5. The van der Waals surface area contributed by atoms with Crippen LogP contribution in [0.1, 0.15) is 38.2 Å². The molecule has 3 rings (SSSR count). The van der Waals surface area contributed by atoms with Crippen LogP contribution in [-0.4, -0.2) is 19.5 Å². The van der Waals surface area contributed by atoms with Crippen LogP contribution in [0.5, 0.6) is 0 Å². The van der Waals surface area contributed by atoms with Crippen LogP contribution < -0.4 is 11.2 Å². The average Bonchev–Trinajstić information content (AvgIpc) is 2.53. The second-order valence-electron chi connectivity index (χ2n) is 5.96. The van der Waals surface area contributed by atoms with Gasteiger partial charge in [0, 0.05) is 11.6 Å². The third-order valence-electron chi connectivity index (χ3n) is 4.12. The van der Waals surface area contributed by atoms with Crippen LogP contribution in [-0.2, 0) is 6.54 Å². The fourth-order valence-electron chi connectivity index (χ4n) is 2.84. The summed E-state index contributed by atoms with van der Waals surface area (Å²) < 4.78 is 1.88. The summed E-state index contributed by atoms with van der Waals surface area (Å²) in [5.41, 5.74) is 1.35. The van der Waals surface area contributed by atoms with E-state index in [9.17, 15) is 9.59 Å². The number of rotatable bonds is 5. The highest BCUT2D eigenvalue weighted by molar-refractivity contribution is 6.32. The van der Waals surface area contributed by atoms with Crippen LogP contribution >= 0.6 is 11.6 Å². The van der Waals surface area contributed by atoms with Crippen molar-refractivity contribution < 1.29 is 0 Å². The first-order valence-electron chi connectivity index (χ1n) is 8.12. The quantitative estimate of drug-likeness (QED) is 0.568. The van der Waals surface area contributed by atoms with E-state index in [1.165, 1.54) is 0 Å². The van der Waals surface area contributed by atoms with E-state index in [2.05, 4.69) is 21.9 Å². The lowest BCUT2D eigenvalue weighted by molar-refractivity contribution is 0.588. The van der Waals surface area contributed by atoms with Crippen molar-refractivity contribution in [3.05, 3.63) is 43.6 Å². The van der Waals surface area contributed by atoms with Gasteiger partial charge in [0.15, 0.2) is 11.5 Å². The minimum absolute atomic E-state index is 0.180. The number of H-pyrrole nitrogens is 1. The molecule has 1 N–H and O–H groups in total. The van der Waals surface area contributed by atoms with Gasteiger partial charge < -0.3 is 4.57 Å². The Morgan fingerprint density at radius 2 is 1.96 bits per heavy atom. The molecule has 1 aromatic carbocycles. The van der Waals surface area contributed by atoms with E-state index in [-0.39, 0.29) is 5.69 Å². The highest BCUT2D eigenvalue weighted by Gasteiger charge is 2.19. The molecule has 2 aliphatic rings. The maximum Gasteiger partial charge on any atom is 0.349 e. The summed E-state index contributed by atoms with van der Waals surface area (Å²) in [5, 5.41) is 0.623. The van der Waals surface area contributed by atoms with Crippen LogP contribution in [0.25, 0.3) is 22.6 Å². The van der Waals surface area contributed by atoms with Crippen molar-refractivity contribution >= 4 is 22.6 Å². The molecule has 0 fully saturated rings. The van der Waals surface area contributed by atoms with Gasteiger partial charge in [-0.1, -0.05) is 37.8 Å². The Balaban J connectivity index is 2.26. The molecular weight excluding hydrogens is 328 g/mol. The molecule has 0 aliphatic carbocycles. The number of halogens is 1. The van der Waals surface area contributed by atoms with Gasteiger partial charge >= 0.3 is 5.69 Å². The number of nitrogens with one attached hydrogen (secondary N) is 1. The zero-order valence-electron chi connectivity index (χ0n) is 13.7. The summed E-state index contributed by atoms with van der Waals surface area (Å²) in [6.07, 6.45) is 4.28. The second-order valence-corrected chi connectivity index (χ2v) is 6.36. The van der Waals surface area contributed by atoms with Gasteiger partial charge in [-0.05, 0) is 31.0 Å². The molecule has 0 unspecified atom stereocenters. The van der Waals surface area contributed by atoms with Gasteiger partial charge in [-0.25, -0.2) is 9.78 Å². The fraction of sp³-hybridized carbons (Fsp3) is 0.412. The number of hydrogen-bond donors (Lipinski definition) is 1. The highest BCUT2D eigenvalue weighted by Crippen LogP contribution is 2.26. The minimum Gasteiger partial charge on any atom is -0.322 e. The summed E-state index contributed by atoms with van der Waals surface area (Å²) in [4.78, 5) is 34.4. The lowest BCUT2D eigenvalue weighted by atomic mass is 10.1. The number of benzene rings is 1. The zero-order valence-corrected chi connectivity index (χ0v) is 14.5. The Hall–Kier alpha value is -2.21. The predicted molar refractivity (Wildman–Crippen MR) is 94.9 cm³/mol. The smallest absolute Gasteiger partial charge is 0.322 e. The van der Waals surface area contributed by atoms with E-state index < -0.39 is 11.2 Å². The van der Waals surface area contributed by atoms with E-state index in [1.807, 2.05) is 23.6 Å². The topological polar surface area (TPSA) is 80.6 Å². The number of hydrogen-bond acceptors (Lipinski definition) is 4. The van der Waals surface area contributed by atoms with Gasteiger partial charge in [-0.15, -0.1) is 0 Å². The van der Waals surface area contributed by atoms with Crippen molar-refractivity contribution in [1.82, 2.24) is 19.5 Å². The normalized spacial score (nSPS) is 11.5. The van der Waals surface area contributed by atoms with Crippen LogP contribution in [0.15, 0.2) is 21.7 Å². The fourth-order valence-corrected chi connectivity index (χ4v) is 3.00. The third kappa shape index (κ3) is 3.06. The van der Waals surface area contributed by atoms with Gasteiger partial charge in [0.25, 0.3) is 5.56 Å². The summed E-state index contributed by atoms with van der Waals surface area (Å²) in [7, 11) is 0. The SMILES string of the molecule is CCCCCCn1c2nc(=O)[nH]c(=O)c-2nc2cc(C)c(Cl)cc21. The van der Waals surface area contributed by atoms with Crippen molar-refractivity contribution in [2.75, 3.05) is 0 Å². The van der Waals surface area contributed by atoms with E-state index >= 15 is 0 Å². The van der Waals surface area contributed by atoms with Gasteiger partial charge in [0.1, 0.15) is 0 Å². The van der Waals surface area contributed by atoms with Crippen molar-refractivity contribution in [2.45, 2.75) is 46.1 Å². The molecule has 24 heavy (non-hydrogen) atoms. The van der Waals surface area contributed by atoms with Crippen LogP contribution in [0.2, 0.25) is 5.02 Å². The largest absolute Gasteiger partial charge is 0.349 e. The number of nitrogens with zero attached hydrogens (tertiary/aromatic N) is 3. The number of fused-ring (bicyclic) bond motifs is 2. The zero-order chi connectivity index (χ0) is 17.3. The maximum absolute atomic E-state index is 12.1. The van der Waals surface area contributed by atoms with E-state index in [0.29, 0.717) is 22.9 Å². The van der Waals surface area contributed by atoms with E-state index in [0.717, 1.165) is 36.8 Å². The molecule has 1 aromatic rings. The molecule has 2 heterocycles. The van der Waals surface area contributed by atoms with Crippen LogP contribution in [0, 0.1) is 6.92 Å². The van der Waals surface area contributed by atoms with Gasteiger partial charge in [-0.3, -0.25) is 9.78 Å². The first-order valence-corrected chi connectivity index (χ1v) is 8.49. The molecule has 6 nitrogen and oxygen atoms in total. The minimum atomic E-state index is -0.658. The Bertz CT molecular complexity index is 977. The molecule has 0 saturated carbocycles. The Morgan fingerprint density at radius 1 is 1.17 bits per heavy atom. The average molecular weight is 347 g/mol. The summed E-state index contributed by atoms with van der Waals surface area (Å²) in [5.74, 6) is 0.313. The third-order valence-corrected chi connectivity index (χ3v) is 4.53. The molecule has 0 saturated heterocycles. The molecule has 0 bridgehead atoms. The van der Waals surface area contributed by atoms with Crippen molar-refractivity contribution in [3.63, 3.8) is 0 Å². The van der Waals surface area contributed by atoms with Crippen molar-refractivity contribution in [2.24, 2.45) is 0 Å². The molecule has 0 spiro atoms. The molecule has 7 heteroatoms. The lowest BCUT2D eigenvalue weighted by Gasteiger charge is -2.17. The molecule has 126 valence electrons. The first kappa shape index (κ1) is 16.6. The molecule has 0 amide bonds. The summed E-state index contributed by atoms with van der Waals surface area (Å²) in [6.45, 7) is 4.70. The monoisotopic (exact) mass is 346 g/mol. The van der Waals surface area contributed by atoms with Crippen molar-refractivity contribution in [3.8, 4) is 11.5 Å². The molecule has 0 atom stereocenters. The van der Waals surface area contributed by atoms with Crippen LogP contribution in [0.4, 0.5) is 0 Å². The second kappa shape index (κ2) is 6.73. The summed E-state index contributed by atoms with van der Waals surface area (Å²) in [6, 6.07) is 3.68. The van der Waals surface area contributed by atoms with E-state index in [4.69, 9.17) is 11.6 Å².